The quantitative estimate of drug-likeness (QED) is 0.578. The minimum absolute atomic E-state index is 0.0603. The van der Waals surface area contributed by atoms with Gasteiger partial charge in [0.25, 0.3) is 0 Å². The Morgan fingerprint density at radius 2 is 2.06 bits per heavy atom. The van der Waals surface area contributed by atoms with Gasteiger partial charge in [0, 0.05) is 56.8 Å². The number of carbonyl (C=O) groups excluding carboxylic acids is 2. The number of aromatic nitrogens is 4. The zero-order valence-electron chi connectivity index (χ0n) is 17.4. The van der Waals surface area contributed by atoms with E-state index in [1.807, 2.05) is 17.0 Å². The van der Waals surface area contributed by atoms with Gasteiger partial charge in [0.1, 0.15) is 5.82 Å². The van der Waals surface area contributed by atoms with E-state index < -0.39 is 0 Å². The van der Waals surface area contributed by atoms with Crippen LogP contribution >= 0.6 is 11.6 Å². The number of aromatic amines is 1. The van der Waals surface area contributed by atoms with E-state index in [1.54, 1.807) is 13.0 Å². The first-order valence-corrected chi connectivity index (χ1v) is 10.8. The molecular weight excluding hydrogens is 420 g/mol. The Balaban J connectivity index is 1.19. The predicted molar refractivity (Wildman–Crippen MR) is 115 cm³/mol. The molecular formula is C21H25ClN6O3. The highest BCUT2D eigenvalue weighted by Crippen LogP contribution is 2.26. The molecule has 164 valence electrons. The first-order valence-electron chi connectivity index (χ1n) is 10.5. The number of H-pyrrole nitrogens is 1. The minimum Gasteiger partial charge on any atom is -0.356 e. The highest BCUT2D eigenvalue weighted by atomic mass is 35.5. The number of benzene rings is 1. The SMILES string of the molecule is CC(=O)N1CCC(c2noc(CCNC(=O)CCc3nc4ccc(Cl)cc4[nH]3)n2)CC1. The number of carbonyl (C=O) groups is 2. The Morgan fingerprint density at radius 1 is 1.26 bits per heavy atom. The zero-order valence-corrected chi connectivity index (χ0v) is 18.1. The van der Waals surface area contributed by atoms with Gasteiger partial charge in [0.2, 0.25) is 17.7 Å². The largest absolute Gasteiger partial charge is 0.356 e. The highest BCUT2D eigenvalue weighted by molar-refractivity contribution is 6.31. The van der Waals surface area contributed by atoms with Gasteiger partial charge in [-0.1, -0.05) is 16.8 Å². The normalized spacial score (nSPS) is 14.8. The molecule has 4 rings (SSSR count). The summed E-state index contributed by atoms with van der Waals surface area (Å²) < 4.78 is 5.33. The molecule has 3 aromatic rings. The molecule has 9 nitrogen and oxygen atoms in total. The highest BCUT2D eigenvalue weighted by Gasteiger charge is 2.25. The van der Waals surface area contributed by atoms with Crippen LogP contribution in [0.3, 0.4) is 0 Å². The minimum atomic E-state index is -0.0603. The number of aryl methyl sites for hydroxylation is 1. The summed E-state index contributed by atoms with van der Waals surface area (Å²) in [6.45, 7) is 3.46. The number of rotatable bonds is 7. The molecule has 10 heteroatoms. The predicted octanol–water partition coefficient (Wildman–Crippen LogP) is 2.62. The van der Waals surface area contributed by atoms with Gasteiger partial charge in [-0.15, -0.1) is 0 Å². The van der Waals surface area contributed by atoms with E-state index in [0.717, 1.165) is 42.8 Å². The summed E-state index contributed by atoms with van der Waals surface area (Å²) in [5.74, 6) is 2.21. The Bertz CT molecular complexity index is 1070. The van der Waals surface area contributed by atoms with Crippen LogP contribution in [0.5, 0.6) is 0 Å². The molecule has 0 spiro atoms. The summed E-state index contributed by atoms with van der Waals surface area (Å²) in [5.41, 5.74) is 1.70. The van der Waals surface area contributed by atoms with Crippen LogP contribution in [0.25, 0.3) is 11.0 Å². The van der Waals surface area contributed by atoms with Crippen molar-refractivity contribution in [2.24, 2.45) is 0 Å². The lowest BCUT2D eigenvalue weighted by molar-refractivity contribution is -0.129. The van der Waals surface area contributed by atoms with Crippen LogP contribution < -0.4 is 5.32 Å². The van der Waals surface area contributed by atoms with Gasteiger partial charge >= 0.3 is 0 Å². The number of piperidine rings is 1. The Kier molecular flexibility index (Phi) is 6.50. The molecule has 3 heterocycles. The van der Waals surface area contributed by atoms with Crippen molar-refractivity contribution in [3.05, 3.63) is 40.8 Å². The summed E-state index contributed by atoms with van der Waals surface area (Å²) in [6, 6.07) is 5.46. The third kappa shape index (κ3) is 5.41. The first kappa shape index (κ1) is 21.3. The molecule has 0 unspecified atom stereocenters. The van der Waals surface area contributed by atoms with Gasteiger partial charge in [0.15, 0.2) is 5.82 Å². The van der Waals surface area contributed by atoms with Crippen molar-refractivity contribution in [2.45, 2.75) is 44.9 Å². The molecule has 2 N–H and O–H groups in total. The van der Waals surface area contributed by atoms with Gasteiger partial charge in [-0.2, -0.15) is 4.98 Å². The van der Waals surface area contributed by atoms with Gasteiger partial charge < -0.3 is 19.7 Å². The third-order valence-corrected chi connectivity index (χ3v) is 5.77. The number of hydrogen-bond acceptors (Lipinski definition) is 6. The van der Waals surface area contributed by atoms with Crippen LogP contribution in [0.4, 0.5) is 0 Å². The first-order chi connectivity index (χ1) is 15.0. The average molecular weight is 445 g/mol. The molecule has 0 aliphatic carbocycles. The smallest absolute Gasteiger partial charge is 0.228 e. The molecule has 0 bridgehead atoms. The second kappa shape index (κ2) is 9.47. The lowest BCUT2D eigenvalue weighted by Crippen LogP contribution is -2.36. The topological polar surface area (TPSA) is 117 Å². The number of fused-ring (bicyclic) bond motifs is 1. The molecule has 1 aliphatic heterocycles. The van der Waals surface area contributed by atoms with E-state index in [0.29, 0.717) is 42.5 Å². The van der Waals surface area contributed by atoms with Gasteiger partial charge in [-0.3, -0.25) is 9.59 Å². The lowest BCUT2D eigenvalue weighted by atomic mass is 9.96. The van der Waals surface area contributed by atoms with E-state index in [-0.39, 0.29) is 17.7 Å². The molecule has 0 atom stereocenters. The second-order valence-electron chi connectivity index (χ2n) is 7.77. The maximum absolute atomic E-state index is 12.1. The molecule has 31 heavy (non-hydrogen) atoms. The number of nitrogens with zero attached hydrogens (tertiary/aromatic N) is 4. The van der Waals surface area contributed by atoms with E-state index in [9.17, 15) is 9.59 Å². The fraction of sp³-hybridized carbons (Fsp3) is 0.476. The van der Waals surface area contributed by atoms with Crippen molar-refractivity contribution < 1.29 is 14.1 Å². The van der Waals surface area contributed by atoms with E-state index in [1.165, 1.54) is 0 Å². The van der Waals surface area contributed by atoms with Crippen molar-refractivity contribution >= 4 is 34.4 Å². The third-order valence-electron chi connectivity index (χ3n) is 5.53. The molecule has 1 aliphatic rings. The number of likely N-dealkylation sites (tertiary alicyclic amines) is 1. The number of hydrogen-bond donors (Lipinski definition) is 2. The lowest BCUT2D eigenvalue weighted by Gasteiger charge is -2.29. The van der Waals surface area contributed by atoms with Crippen molar-refractivity contribution in [3.63, 3.8) is 0 Å². The fourth-order valence-corrected chi connectivity index (χ4v) is 3.94. The fourth-order valence-electron chi connectivity index (χ4n) is 3.77. The number of amides is 2. The molecule has 1 saturated heterocycles. The summed E-state index contributed by atoms with van der Waals surface area (Å²) >= 11 is 5.98. The number of nitrogens with one attached hydrogen (secondary N) is 2. The van der Waals surface area contributed by atoms with Crippen molar-refractivity contribution in [3.8, 4) is 0 Å². The molecule has 0 saturated carbocycles. The number of imidazole rings is 1. The molecule has 1 fully saturated rings. The molecule has 2 aromatic heterocycles. The van der Waals surface area contributed by atoms with Crippen LogP contribution in [-0.4, -0.2) is 56.5 Å². The van der Waals surface area contributed by atoms with Crippen molar-refractivity contribution in [2.75, 3.05) is 19.6 Å². The van der Waals surface area contributed by atoms with Gasteiger partial charge in [0.05, 0.1) is 11.0 Å². The van der Waals surface area contributed by atoms with Gasteiger partial charge in [-0.05, 0) is 31.0 Å². The maximum Gasteiger partial charge on any atom is 0.228 e. The van der Waals surface area contributed by atoms with E-state index >= 15 is 0 Å². The van der Waals surface area contributed by atoms with Gasteiger partial charge in [-0.25, -0.2) is 4.98 Å². The summed E-state index contributed by atoms with van der Waals surface area (Å²) in [5, 5.41) is 7.61. The van der Waals surface area contributed by atoms with E-state index in [4.69, 9.17) is 16.1 Å². The van der Waals surface area contributed by atoms with Crippen molar-refractivity contribution in [1.82, 2.24) is 30.3 Å². The second-order valence-corrected chi connectivity index (χ2v) is 8.21. The van der Waals surface area contributed by atoms with Crippen LogP contribution in [0, 0.1) is 0 Å². The molecule has 2 amide bonds. The average Bonchev–Trinajstić information content (AvgIpc) is 3.39. The van der Waals surface area contributed by atoms with Crippen LogP contribution in [0.2, 0.25) is 5.02 Å². The summed E-state index contributed by atoms with van der Waals surface area (Å²) in [7, 11) is 0. The zero-order chi connectivity index (χ0) is 21.8. The number of halogens is 1. The summed E-state index contributed by atoms with van der Waals surface area (Å²) in [6.07, 6.45) is 3.00. The maximum atomic E-state index is 12.1. The van der Waals surface area contributed by atoms with Crippen LogP contribution in [0.15, 0.2) is 22.7 Å². The Morgan fingerprint density at radius 3 is 2.84 bits per heavy atom. The Hall–Kier alpha value is -2.94. The van der Waals surface area contributed by atoms with Crippen molar-refractivity contribution in [1.29, 1.82) is 0 Å². The monoisotopic (exact) mass is 444 g/mol. The Labute approximate surface area is 184 Å². The molecule has 0 radical (unpaired) electrons. The molecule has 1 aromatic carbocycles. The van der Waals surface area contributed by atoms with E-state index in [2.05, 4.69) is 25.4 Å². The standard InChI is InChI=1S/C21H25ClN6O3/c1-13(29)28-10-7-14(8-11-28)21-26-20(31-27-21)6-9-23-19(30)5-4-18-24-16-3-2-15(22)12-17(16)25-18/h2-3,12,14H,4-11H2,1H3,(H,23,30)(H,24,25). The summed E-state index contributed by atoms with van der Waals surface area (Å²) in [4.78, 5) is 37.5. The van der Waals surface area contributed by atoms with Crippen LogP contribution in [-0.2, 0) is 22.4 Å². The van der Waals surface area contributed by atoms with Crippen LogP contribution in [0.1, 0.15) is 49.6 Å².